The highest BCUT2D eigenvalue weighted by atomic mass is 16.5. The Hall–Kier alpha value is -4.13. The van der Waals surface area contributed by atoms with Crippen LogP contribution in [-0.4, -0.2) is 23.9 Å². The van der Waals surface area contributed by atoms with Crippen LogP contribution >= 0.6 is 0 Å². The second kappa shape index (κ2) is 9.13. The Balaban J connectivity index is 1.32. The van der Waals surface area contributed by atoms with Gasteiger partial charge in [0.2, 0.25) is 11.8 Å². The zero-order valence-electron chi connectivity index (χ0n) is 16.9. The molecule has 2 heterocycles. The van der Waals surface area contributed by atoms with Crippen LogP contribution in [0.15, 0.2) is 77.3 Å². The molecule has 0 aliphatic carbocycles. The van der Waals surface area contributed by atoms with Crippen molar-refractivity contribution in [2.45, 2.75) is 13.0 Å². The lowest BCUT2D eigenvalue weighted by atomic mass is 10.1. The van der Waals surface area contributed by atoms with E-state index in [0.717, 1.165) is 16.5 Å². The molecule has 2 N–H and O–H groups in total. The van der Waals surface area contributed by atoms with Crippen molar-refractivity contribution in [1.82, 2.24) is 10.3 Å². The smallest absolute Gasteiger partial charge is 0.291 e. The van der Waals surface area contributed by atoms with Gasteiger partial charge in [0, 0.05) is 29.4 Å². The van der Waals surface area contributed by atoms with Crippen LogP contribution in [0.3, 0.4) is 0 Å². The van der Waals surface area contributed by atoms with E-state index < -0.39 is 0 Å². The van der Waals surface area contributed by atoms with Gasteiger partial charge >= 0.3 is 0 Å². The highest BCUT2D eigenvalue weighted by Gasteiger charge is 2.13. The van der Waals surface area contributed by atoms with Crippen LogP contribution in [-0.2, 0) is 17.8 Å². The Labute approximate surface area is 179 Å². The number of aromatic nitrogens is 1. The van der Waals surface area contributed by atoms with Crippen LogP contribution in [0, 0.1) is 0 Å². The standard InChI is InChI=1S/C24H21N3O4/c1-30-24-18(6-4-12-25-24)15-26-22(28)13-16-8-10-19(11-9-16)27-23(29)21-14-17-5-2-3-7-20(17)31-21/h2-12,14H,13,15H2,1H3,(H,26,28)(H,27,29). The number of ether oxygens (including phenoxy) is 1. The number of nitrogens with one attached hydrogen (secondary N) is 2. The molecule has 0 saturated carbocycles. The summed E-state index contributed by atoms with van der Waals surface area (Å²) in [6, 6.07) is 19.9. The number of carbonyl (C=O) groups is 2. The van der Waals surface area contributed by atoms with Crippen molar-refractivity contribution in [3.8, 4) is 5.88 Å². The van der Waals surface area contributed by atoms with E-state index in [-0.39, 0.29) is 24.0 Å². The highest BCUT2D eigenvalue weighted by Crippen LogP contribution is 2.20. The van der Waals surface area contributed by atoms with E-state index in [1.54, 1.807) is 49.7 Å². The maximum absolute atomic E-state index is 12.4. The molecule has 0 unspecified atom stereocenters. The van der Waals surface area contributed by atoms with Crippen LogP contribution in [0.25, 0.3) is 11.0 Å². The lowest BCUT2D eigenvalue weighted by Gasteiger charge is -2.09. The number of para-hydroxylation sites is 1. The second-order valence-corrected chi connectivity index (χ2v) is 6.92. The van der Waals surface area contributed by atoms with Gasteiger partial charge in [-0.05, 0) is 35.9 Å². The molecule has 156 valence electrons. The predicted molar refractivity (Wildman–Crippen MR) is 117 cm³/mol. The van der Waals surface area contributed by atoms with Crippen molar-refractivity contribution in [3.05, 3.63) is 89.8 Å². The van der Waals surface area contributed by atoms with Gasteiger partial charge in [-0.25, -0.2) is 4.98 Å². The van der Waals surface area contributed by atoms with Crippen LogP contribution in [0.1, 0.15) is 21.7 Å². The molecule has 0 bridgehead atoms. The summed E-state index contributed by atoms with van der Waals surface area (Å²) in [6.45, 7) is 0.335. The third-order valence-electron chi connectivity index (χ3n) is 4.75. The molecule has 2 aromatic carbocycles. The lowest BCUT2D eigenvalue weighted by molar-refractivity contribution is -0.120. The molecule has 4 rings (SSSR count). The van der Waals surface area contributed by atoms with Crippen molar-refractivity contribution < 1.29 is 18.7 Å². The fraction of sp³-hybridized carbons (Fsp3) is 0.125. The van der Waals surface area contributed by atoms with E-state index >= 15 is 0 Å². The van der Waals surface area contributed by atoms with E-state index in [4.69, 9.17) is 9.15 Å². The van der Waals surface area contributed by atoms with Gasteiger partial charge in [0.25, 0.3) is 5.91 Å². The Kier molecular flexibility index (Phi) is 5.93. The molecule has 4 aromatic rings. The lowest BCUT2D eigenvalue weighted by Crippen LogP contribution is -2.24. The minimum atomic E-state index is -0.327. The molecule has 0 atom stereocenters. The number of fused-ring (bicyclic) bond motifs is 1. The number of amides is 2. The third-order valence-corrected chi connectivity index (χ3v) is 4.75. The normalized spacial score (nSPS) is 10.6. The van der Waals surface area contributed by atoms with Gasteiger partial charge in [-0.1, -0.05) is 36.4 Å². The molecular weight excluding hydrogens is 394 g/mol. The first-order valence-corrected chi connectivity index (χ1v) is 9.76. The van der Waals surface area contributed by atoms with E-state index in [9.17, 15) is 9.59 Å². The van der Waals surface area contributed by atoms with Crippen molar-refractivity contribution >= 4 is 28.5 Å². The molecule has 31 heavy (non-hydrogen) atoms. The topological polar surface area (TPSA) is 93.5 Å². The van der Waals surface area contributed by atoms with E-state index in [1.165, 1.54) is 0 Å². The van der Waals surface area contributed by atoms with Gasteiger partial charge < -0.3 is 19.8 Å². The number of hydrogen-bond acceptors (Lipinski definition) is 5. The molecule has 0 spiro atoms. The Morgan fingerprint density at radius 1 is 1.03 bits per heavy atom. The minimum absolute atomic E-state index is 0.120. The number of methoxy groups -OCH3 is 1. The Bertz CT molecular complexity index is 1180. The highest BCUT2D eigenvalue weighted by molar-refractivity contribution is 6.04. The molecule has 7 heteroatoms. The molecule has 0 fully saturated rings. The van der Waals surface area contributed by atoms with E-state index in [2.05, 4.69) is 15.6 Å². The number of hydrogen-bond donors (Lipinski definition) is 2. The van der Waals surface area contributed by atoms with Crippen LogP contribution in [0.2, 0.25) is 0 Å². The van der Waals surface area contributed by atoms with Gasteiger partial charge in [0.1, 0.15) is 5.58 Å². The largest absolute Gasteiger partial charge is 0.481 e. The summed E-state index contributed by atoms with van der Waals surface area (Å²) in [7, 11) is 1.54. The summed E-state index contributed by atoms with van der Waals surface area (Å²) >= 11 is 0. The third kappa shape index (κ3) is 4.90. The average molecular weight is 415 g/mol. The summed E-state index contributed by atoms with van der Waals surface area (Å²) in [4.78, 5) is 28.8. The predicted octanol–water partition coefficient (Wildman–Crippen LogP) is 3.95. The number of benzene rings is 2. The first-order chi connectivity index (χ1) is 15.1. The number of rotatable bonds is 7. The van der Waals surface area contributed by atoms with Crippen molar-refractivity contribution in [3.63, 3.8) is 0 Å². The fourth-order valence-corrected chi connectivity index (χ4v) is 3.18. The van der Waals surface area contributed by atoms with Crippen molar-refractivity contribution in [2.24, 2.45) is 0 Å². The molecular formula is C24H21N3O4. The van der Waals surface area contributed by atoms with Gasteiger partial charge in [0.15, 0.2) is 5.76 Å². The molecule has 2 amide bonds. The average Bonchev–Trinajstić information content (AvgIpc) is 3.24. The maximum Gasteiger partial charge on any atom is 0.291 e. The number of pyridine rings is 1. The molecule has 0 aliphatic heterocycles. The summed E-state index contributed by atoms with van der Waals surface area (Å²) < 4.78 is 10.8. The number of anilines is 1. The quantitative estimate of drug-likeness (QED) is 0.477. The van der Waals surface area contributed by atoms with Crippen LogP contribution in [0.5, 0.6) is 5.88 Å². The van der Waals surface area contributed by atoms with E-state index in [1.807, 2.05) is 30.3 Å². The van der Waals surface area contributed by atoms with Gasteiger partial charge in [0.05, 0.1) is 13.5 Å². The summed E-state index contributed by atoms with van der Waals surface area (Å²) in [5.74, 6) is 0.292. The minimum Gasteiger partial charge on any atom is -0.481 e. The van der Waals surface area contributed by atoms with Gasteiger partial charge in [-0.2, -0.15) is 0 Å². The molecule has 2 aromatic heterocycles. The first kappa shape index (κ1) is 20.2. The molecule has 7 nitrogen and oxygen atoms in total. The van der Waals surface area contributed by atoms with E-state index in [0.29, 0.717) is 23.7 Å². The van der Waals surface area contributed by atoms with Crippen molar-refractivity contribution in [1.29, 1.82) is 0 Å². The SMILES string of the molecule is COc1ncccc1CNC(=O)Cc1ccc(NC(=O)c2cc3ccccc3o2)cc1. The summed E-state index contributed by atoms with van der Waals surface area (Å²) in [5, 5.41) is 6.54. The summed E-state index contributed by atoms with van der Waals surface area (Å²) in [5.41, 5.74) is 2.92. The monoisotopic (exact) mass is 415 g/mol. The van der Waals surface area contributed by atoms with Crippen molar-refractivity contribution in [2.75, 3.05) is 12.4 Å². The zero-order valence-corrected chi connectivity index (χ0v) is 16.9. The first-order valence-electron chi connectivity index (χ1n) is 9.76. The maximum atomic E-state index is 12.4. The number of nitrogens with zero attached hydrogens (tertiary/aromatic N) is 1. The van der Waals surface area contributed by atoms with Crippen LogP contribution in [0.4, 0.5) is 5.69 Å². The Morgan fingerprint density at radius 3 is 2.61 bits per heavy atom. The van der Waals surface area contributed by atoms with Crippen LogP contribution < -0.4 is 15.4 Å². The Morgan fingerprint density at radius 2 is 1.84 bits per heavy atom. The van der Waals surface area contributed by atoms with Gasteiger partial charge in [-0.15, -0.1) is 0 Å². The zero-order chi connectivity index (χ0) is 21.6. The van der Waals surface area contributed by atoms with Gasteiger partial charge in [-0.3, -0.25) is 9.59 Å². The second-order valence-electron chi connectivity index (χ2n) is 6.92. The number of furan rings is 1. The molecule has 0 radical (unpaired) electrons. The molecule has 0 saturated heterocycles. The summed E-state index contributed by atoms with van der Waals surface area (Å²) in [6.07, 6.45) is 1.86. The fourth-order valence-electron chi connectivity index (χ4n) is 3.18. The molecule has 0 aliphatic rings. The number of carbonyl (C=O) groups excluding carboxylic acids is 2.